The minimum Gasteiger partial charge on any atom is -0.308 e. The van der Waals surface area contributed by atoms with E-state index in [2.05, 4.69) is 15.4 Å². The number of nitrogens with two attached hydrogens (primary N) is 1. The summed E-state index contributed by atoms with van der Waals surface area (Å²) in [7, 11) is 0. The van der Waals surface area contributed by atoms with Crippen LogP contribution in [0.1, 0.15) is 30.4 Å². The molecule has 0 amide bonds. The highest BCUT2D eigenvalue weighted by atomic mass is 19.4. The minimum atomic E-state index is -4.20. The Balaban J connectivity index is 2.93. The molecule has 1 aromatic rings. The van der Waals surface area contributed by atoms with Gasteiger partial charge >= 0.3 is 6.18 Å². The van der Waals surface area contributed by atoms with Crippen molar-refractivity contribution in [3.63, 3.8) is 0 Å². The van der Waals surface area contributed by atoms with Crippen LogP contribution in [0.4, 0.5) is 19.0 Å². The van der Waals surface area contributed by atoms with Crippen molar-refractivity contribution in [3.05, 3.63) is 17.1 Å². The smallest absolute Gasteiger partial charge is 0.308 e. The molecule has 96 valence electrons. The molecule has 0 aliphatic carbocycles. The molecule has 0 spiro atoms. The summed E-state index contributed by atoms with van der Waals surface area (Å²) in [5.41, 5.74) is 3.86. The molecule has 0 saturated carbocycles. The van der Waals surface area contributed by atoms with Gasteiger partial charge in [-0.3, -0.25) is 0 Å². The van der Waals surface area contributed by atoms with E-state index in [0.717, 1.165) is 5.56 Å². The van der Waals surface area contributed by atoms with Crippen LogP contribution < -0.4 is 11.3 Å². The van der Waals surface area contributed by atoms with Crippen molar-refractivity contribution in [1.29, 1.82) is 0 Å². The van der Waals surface area contributed by atoms with E-state index in [-0.39, 0.29) is 12.2 Å². The number of nitrogens with zero attached hydrogens (tertiary/aromatic N) is 2. The average molecular weight is 248 g/mol. The second-order valence-electron chi connectivity index (χ2n) is 3.67. The predicted octanol–water partition coefficient (Wildman–Crippen LogP) is 2.13. The molecule has 1 rings (SSSR count). The van der Waals surface area contributed by atoms with Gasteiger partial charge in [0, 0.05) is 17.7 Å². The van der Waals surface area contributed by atoms with E-state index < -0.39 is 12.6 Å². The number of nitrogens with one attached hydrogen (secondary N) is 1. The summed E-state index contributed by atoms with van der Waals surface area (Å²) < 4.78 is 36.3. The number of anilines is 1. The van der Waals surface area contributed by atoms with Gasteiger partial charge < -0.3 is 5.43 Å². The van der Waals surface area contributed by atoms with Crippen LogP contribution >= 0.6 is 0 Å². The summed E-state index contributed by atoms with van der Waals surface area (Å²) in [6.45, 7) is 3.66. The predicted molar refractivity (Wildman–Crippen MR) is 58.3 cm³/mol. The Hall–Kier alpha value is -1.37. The van der Waals surface area contributed by atoms with Gasteiger partial charge in [0.05, 0.1) is 6.42 Å². The Morgan fingerprint density at radius 2 is 1.94 bits per heavy atom. The van der Waals surface area contributed by atoms with Gasteiger partial charge in [-0.25, -0.2) is 15.8 Å². The standard InChI is InChI=1S/C10H15F3N4/c1-3-7-6(2)9(17-14)16-8(15-7)4-5-10(11,12)13/h3-5,14H2,1-2H3,(H,15,16,17). The maximum Gasteiger partial charge on any atom is 0.389 e. The van der Waals surface area contributed by atoms with E-state index in [9.17, 15) is 13.2 Å². The molecule has 0 unspecified atom stereocenters. The second kappa shape index (κ2) is 5.31. The van der Waals surface area contributed by atoms with Crippen LogP contribution in [0.3, 0.4) is 0 Å². The quantitative estimate of drug-likeness (QED) is 0.633. The van der Waals surface area contributed by atoms with Gasteiger partial charge in [0.2, 0.25) is 0 Å². The molecule has 3 N–H and O–H groups in total. The Kier molecular flexibility index (Phi) is 4.28. The van der Waals surface area contributed by atoms with E-state index in [1.54, 1.807) is 6.92 Å². The summed E-state index contributed by atoms with van der Waals surface area (Å²) in [5.74, 6) is 5.81. The SMILES string of the molecule is CCc1nc(CCC(F)(F)F)nc(NN)c1C. The molecule has 0 fully saturated rings. The van der Waals surface area contributed by atoms with Gasteiger partial charge in [-0.1, -0.05) is 6.92 Å². The van der Waals surface area contributed by atoms with Crippen molar-refractivity contribution in [2.75, 3.05) is 5.43 Å². The molecular weight excluding hydrogens is 233 g/mol. The zero-order valence-corrected chi connectivity index (χ0v) is 9.73. The number of alkyl halides is 3. The van der Waals surface area contributed by atoms with Crippen LogP contribution in [-0.2, 0) is 12.8 Å². The van der Waals surface area contributed by atoms with E-state index in [1.165, 1.54) is 0 Å². The number of nitrogen functional groups attached to an aromatic ring is 1. The molecule has 0 atom stereocenters. The third-order valence-electron chi connectivity index (χ3n) is 2.40. The zero-order valence-electron chi connectivity index (χ0n) is 9.73. The third-order valence-corrected chi connectivity index (χ3v) is 2.40. The first-order valence-electron chi connectivity index (χ1n) is 5.27. The highest BCUT2D eigenvalue weighted by Gasteiger charge is 2.27. The molecule has 0 radical (unpaired) electrons. The molecule has 0 aliphatic rings. The van der Waals surface area contributed by atoms with E-state index in [0.29, 0.717) is 17.9 Å². The van der Waals surface area contributed by atoms with Crippen molar-refractivity contribution in [1.82, 2.24) is 9.97 Å². The summed E-state index contributed by atoms with van der Waals surface area (Å²) in [5, 5.41) is 0. The fourth-order valence-corrected chi connectivity index (χ4v) is 1.46. The number of aryl methyl sites for hydroxylation is 2. The molecule has 0 aliphatic heterocycles. The monoisotopic (exact) mass is 248 g/mol. The van der Waals surface area contributed by atoms with Gasteiger partial charge in [-0.05, 0) is 13.3 Å². The van der Waals surface area contributed by atoms with Gasteiger partial charge in [0.1, 0.15) is 11.6 Å². The lowest BCUT2D eigenvalue weighted by atomic mass is 10.2. The fraction of sp³-hybridized carbons (Fsp3) is 0.600. The van der Waals surface area contributed by atoms with E-state index >= 15 is 0 Å². The molecule has 0 bridgehead atoms. The van der Waals surface area contributed by atoms with Crippen molar-refractivity contribution >= 4 is 5.82 Å². The number of rotatable bonds is 4. The van der Waals surface area contributed by atoms with Crippen LogP contribution in [0.25, 0.3) is 0 Å². The number of aromatic nitrogens is 2. The van der Waals surface area contributed by atoms with Gasteiger partial charge in [0.15, 0.2) is 0 Å². The fourth-order valence-electron chi connectivity index (χ4n) is 1.46. The highest BCUT2D eigenvalue weighted by molar-refractivity contribution is 5.44. The summed E-state index contributed by atoms with van der Waals surface area (Å²) >= 11 is 0. The van der Waals surface area contributed by atoms with Gasteiger partial charge in [-0.2, -0.15) is 13.2 Å². The largest absolute Gasteiger partial charge is 0.389 e. The van der Waals surface area contributed by atoms with Crippen molar-refractivity contribution < 1.29 is 13.2 Å². The normalized spacial score (nSPS) is 11.6. The first-order chi connectivity index (χ1) is 7.87. The topological polar surface area (TPSA) is 63.8 Å². The van der Waals surface area contributed by atoms with Crippen LogP contribution in [0, 0.1) is 6.92 Å². The van der Waals surface area contributed by atoms with Crippen molar-refractivity contribution in [3.8, 4) is 0 Å². The molecule has 1 aromatic heterocycles. The molecule has 0 aromatic carbocycles. The number of halogens is 3. The Bertz CT molecular complexity index is 365. The molecule has 17 heavy (non-hydrogen) atoms. The van der Waals surface area contributed by atoms with Crippen LogP contribution in [0.2, 0.25) is 0 Å². The third kappa shape index (κ3) is 3.85. The lowest BCUT2D eigenvalue weighted by Crippen LogP contribution is -2.16. The first kappa shape index (κ1) is 13.7. The first-order valence-corrected chi connectivity index (χ1v) is 5.27. The highest BCUT2D eigenvalue weighted by Crippen LogP contribution is 2.22. The number of hydrazine groups is 1. The lowest BCUT2D eigenvalue weighted by Gasteiger charge is -2.11. The Labute approximate surface area is 97.4 Å². The van der Waals surface area contributed by atoms with Crippen LogP contribution in [0.15, 0.2) is 0 Å². The van der Waals surface area contributed by atoms with E-state index in [4.69, 9.17) is 5.84 Å². The van der Waals surface area contributed by atoms with Crippen molar-refractivity contribution in [2.24, 2.45) is 5.84 Å². The van der Waals surface area contributed by atoms with Gasteiger partial charge in [-0.15, -0.1) is 0 Å². The maximum absolute atomic E-state index is 12.1. The lowest BCUT2D eigenvalue weighted by molar-refractivity contribution is -0.134. The van der Waals surface area contributed by atoms with Crippen LogP contribution in [0.5, 0.6) is 0 Å². The molecule has 4 nitrogen and oxygen atoms in total. The van der Waals surface area contributed by atoms with Gasteiger partial charge in [0.25, 0.3) is 0 Å². The van der Waals surface area contributed by atoms with Crippen LogP contribution in [-0.4, -0.2) is 16.1 Å². The number of hydrogen-bond acceptors (Lipinski definition) is 4. The Morgan fingerprint density at radius 3 is 2.41 bits per heavy atom. The molecule has 1 heterocycles. The summed E-state index contributed by atoms with van der Waals surface area (Å²) in [4.78, 5) is 8.05. The minimum absolute atomic E-state index is 0.165. The molecular formula is C10H15F3N4. The molecule has 7 heteroatoms. The summed E-state index contributed by atoms with van der Waals surface area (Å²) in [6.07, 6.45) is -4.73. The van der Waals surface area contributed by atoms with E-state index in [1.807, 2.05) is 6.92 Å². The van der Waals surface area contributed by atoms with Crippen molar-refractivity contribution in [2.45, 2.75) is 39.3 Å². The Morgan fingerprint density at radius 1 is 1.29 bits per heavy atom. The maximum atomic E-state index is 12.1. The zero-order chi connectivity index (χ0) is 13.1. The second-order valence-corrected chi connectivity index (χ2v) is 3.67. The number of hydrogen-bond donors (Lipinski definition) is 2. The summed E-state index contributed by atoms with van der Waals surface area (Å²) in [6, 6.07) is 0. The molecule has 0 saturated heterocycles. The average Bonchev–Trinajstić information content (AvgIpc) is 2.26.